The van der Waals surface area contributed by atoms with Crippen molar-refractivity contribution in [3.8, 4) is 0 Å². The fourth-order valence-corrected chi connectivity index (χ4v) is 2.94. The van der Waals surface area contributed by atoms with Gasteiger partial charge < -0.3 is 15.0 Å². The van der Waals surface area contributed by atoms with E-state index in [1.54, 1.807) is 12.1 Å². The molecule has 0 bridgehead atoms. The molecule has 2 aromatic carbocycles. The van der Waals surface area contributed by atoms with Gasteiger partial charge in [0.15, 0.2) is 6.61 Å². The molecule has 0 atom stereocenters. The number of urea groups is 1. The molecule has 8 heteroatoms. The maximum Gasteiger partial charge on any atom is 0.327 e. The van der Waals surface area contributed by atoms with Crippen LogP contribution in [0.15, 0.2) is 54.6 Å². The molecule has 3 rings (SSSR count). The van der Waals surface area contributed by atoms with Gasteiger partial charge in [-0.2, -0.15) is 0 Å². The predicted molar refractivity (Wildman–Crippen MR) is 105 cm³/mol. The minimum Gasteiger partial charge on any atom is -0.454 e. The molecule has 0 aromatic heterocycles. The zero-order chi connectivity index (χ0) is 20.8. The lowest BCUT2D eigenvalue weighted by Gasteiger charge is -2.14. The highest BCUT2D eigenvalue weighted by Crippen LogP contribution is 2.19. The summed E-state index contributed by atoms with van der Waals surface area (Å²) in [6.07, 6.45) is 0.643. The Kier molecular flexibility index (Phi) is 6.23. The summed E-state index contributed by atoms with van der Waals surface area (Å²) in [5, 5.41) is 2.73. The fourth-order valence-electron chi connectivity index (χ4n) is 2.94. The molecule has 4 amide bonds. The Bertz CT molecular complexity index is 929. The molecule has 1 aliphatic heterocycles. The summed E-state index contributed by atoms with van der Waals surface area (Å²) in [6.45, 7) is -1.10. The number of rotatable bonds is 7. The van der Waals surface area contributed by atoms with Gasteiger partial charge in [-0.25, -0.2) is 4.79 Å². The lowest BCUT2D eigenvalue weighted by atomic mass is 10.0. The molecule has 1 aliphatic rings. The van der Waals surface area contributed by atoms with E-state index in [2.05, 4.69) is 5.32 Å². The van der Waals surface area contributed by atoms with Crippen LogP contribution in [0.5, 0.6) is 0 Å². The van der Waals surface area contributed by atoms with E-state index in [4.69, 9.17) is 4.74 Å². The van der Waals surface area contributed by atoms with E-state index >= 15 is 0 Å². The van der Waals surface area contributed by atoms with Crippen LogP contribution < -0.4 is 5.32 Å². The number of hydrogen-bond acceptors (Lipinski definition) is 5. The standard InChI is InChI=1S/C21H21N3O5/c1-23-12-19(26)24(21(23)28)13-20(27)29-14-18(25)22-17-10-6-5-9-16(17)11-15-7-3-2-4-8-15/h2-10H,11-14H2,1H3,(H,22,25). The van der Waals surface area contributed by atoms with Crippen LogP contribution in [0.2, 0.25) is 0 Å². The Balaban J connectivity index is 1.53. The van der Waals surface area contributed by atoms with E-state index in [9.17, 15) is 19.2 Å². The first-order valence-corrected chi connectivity index (χ1v) is 9.07. The number of benzene rings is 2. The molecular formula is C21H21N3O5. The van der Waals surface area contributed by atoms with Gasteiger partial charge in [-0.05, 0) is 23.6 Å². The molecular weight excluding hydrogens is 374 g/mol. The Morgan fingerprint density at radius 3 is 2.41 bits per heavy atom. The number of carbonyl (C=O) groups excluding carboxylic acids is 4. The predicted octanol–water partition coefficient (Wildman–Crippen LogP) is 1.65. The number of amides is 4. The van der Waals surface area contributed by atoms with E-state index in [1.807, 2.05) is 42.5 Å². The van der Waals surface area contributed by atoms with Crippen LogP contribution in [0.25, 0.3) is 0 Å². The van der Waals surface area contributed by atoms with Crippen LogP contribution in [0.3, 0.4) is 0 Å². The fraction of sp³-hybridized carbons (Fsp3) is 0.238. The molecule has 0 unspecified atom stereocenters. The number of esters is 1. The highest BCUT2D eigenvalue weighted by atomic mass is 16.5. The average molecular weight is 395 g/mol. The highest BCUT2D eigenvalue weighted by Gasteiger charge is 2.35. The van der Waals surface area contributed by atoms with Gasteiger partial charge in [-0.1, -0.05) is 48.5 Å². The molecule has 29 heavy (non-hydrogen) atoms. The summed E-state index contributed by atoms with van der Waals surface area (Å²) < 4.78 is 4.91. The lowest BCUT2D eigenvalue weighted by Crippen LogP contribution is -2.37. The molecule has 0 radical (unpaired) electrons. The van der Waals surface area contributed by atoms with Gasteiger partial charge >= 0.3 is 12.0 Å². The molecule has 150 valence electrons. The minimum atomic E-state index is -0.824. The second kappa shape index (κ2) is 9.01. The first-order chi connectivity index (χ1) is 13.9. The van der Waals surface area contributed by atoms with Gasteiger partial charge in [0.1, 0.15) is 13.1 Å². The molecule has 1 heterocycles. The number of carbonyl (C=O) groups is 4. The van der Waals surface area contributed by atoms with Crippen LogP contribution >= 0.6 is 0 Å². The number of nitrogens with zero attached hydrogens (tertiary/aromatic N) is 2. The quantitative estimate of drug-likeness (QED) is 0.568. The lowest BCUT2D eigenvalue weighted by molar-refractivity contribution is -0.149. The first kappa shape index (κ1) is 20.1. The summed E-state index contributed by atoms with van der Waals surface area (Å²) in [4.78, 5) is 49.5. The Morgan fingerprint density at radius 2 is 1.72 bits per heavy atom. The number of imide groups is 1. The van der Waals surface area contributed by atoms with Crippen molar-refractivity contribution in [3.63, 3.8) is 0 Å². The Hall–Kier alpha value is -3.68. The van der Waals surface area contributed by atoms with Crippen molar-refractivity contribution in [3.05, 3.63) is 65.7 Å². The van der Waals surface area contributed by atoms with Crippen molar-refractivity contribution >= 4 is 29.5 Å². The third kappa shape index (κ3) is 5.19. The van der Waals surface area contributed by atoms with Crippen LogP contribution in [-0.2, 0) is 25.5 Å². The number of nitrogens with one attached hydrogen (secondary N) is 1. The molecule has 0 saturated carbocycles. The van der Waals surface area contributed by atoms with E-state index in [0.29, 0.717) is 12.1 Å². The first-order valence-electron chi connectivity index (χ1n) is 9.07. The molecule has 0 aliphatic carbocycles. The average Bonchev–Trinajstić information content (AvgIpc) is 2.95. The second-order valence-corrected chi connectivity index (χ2v) is 6.65. The third-order valence-corrected chi connectivity index (χ3v) is 4.41. The van der Waals surface area contributed by atoms with Crippen LogP contribution in [0.4, 0.5) is 10.5 Å². The number of ether oxygens (including phenoxy) is 1. The monoisotopic (exact) mass is 395 g/mol. The van der Waals surface area contributed by atoms with Gasteiger partial charge in [0.05, 0.1) is 0 Å². The molecule has 0 spiro atoms. The number of hydrogen-bond donors (Lipinski definition) is 1. The molecule has 8 nitrogen and oxygen atoms in total. The normalized spacial score (nSPS) is 13.6. The van der Waals surface area contributed by atoms with Gasteiger partial charge in [0.2, 0.25) is 0 Å². The van der Waals surface area contributed by atoms with Crippen molar-refractivity contribution in [1.82, 2.24) is 9.80 Å². The van der Waals surface area contributed by atoms with E-state index in [-0.39, 0.29) is 6.54 Å². The summed E-state index contributed by atoms with van der Waals surface area (Å²) in [5.74, 6) is -1.81. The van der Waals surface area contributed by atoms with E-state index < -0.39 is 37.0 Å². The van der Waals surface area contributed by atoms with Crippen molar-refractivity contribution in [2.24, 2.45) is 0 Å². The van der Waals surface area contributed by atoms with Gasteiger partial charge in [0, 0.05) is 12.7 Å². The Morgan fingerprint density at radius 1 is 1.03 bits per heavy atom. The minimum absolute atomic E-state index is 0.0786. The van der Waals surface area contributed by atoms with Crippen molar-refractivity contribution in [1.29, 1.82) is 0 Å². The summed E-state index contributed by atoms with van der Waals surface area (Å²) in [6, 6.07) is 16.6. The van der Waals surface area contributed by atoms with Crippen LogP contribution in [-0.4, -0.2) is 60.4 Å². The van der Waals surface area contributed by atoms with Crippen molar-refractivity contribution < 1.29 is 23.9 Å². The van der Waals surface area contributed by atoms with Crippen LogP contribution in [0.1, 0.15) is 11.1 Å². The summed E-state index contributed by atoms with van der Waals surface area (Å²) in [5.41, 5.74) is 2.66. The maximum absolute atomic E-state index is 12.2. The summed E-state index contributed by atoms with van der Waals surface area (Å²) >= 11 is 0. The zero-order valence-electron chi connectivity index (χ0n) is 16.0. The zero-order valence-corrected chi connectivity index (χ0v) is 16.0. The van der Waals surface area contributed by atoms with Gasteiger partial charge in [-0.3, -0.25) is 19.3 Å². The third-order valence-electron chi connectivity index (χ3n) is 4.41. The van der Waals surface area contributed by atoms with Crippen molar-refractivity contribution in [2.75, 3.05) is 32.1 Å². The molecule has 1 saturated heterocycles. The SMILES string of the molecule is CN1CC(=O)N(CC(=O)OCC(=O)Nc2ccccc2Cc2ccccc2)C1=O. The van der Waals surface area contributed by atoms with Gasteiger partial charge in [-0.15, -0.1) is 0 Å². The highest BCUT2D eigenvalue weighted by molar-refractivity contribution is 6.04. The number of anilines is 1. The second-order valence-electron chi connectivity index (χ2n) is 6.65. The molecule has 2 aromatic rings. The topological polar surface area (TPSA) is 96.0 Å². The van der Waals surface area contributed by atoms with Crippen LogP contribution in [0, 0.1) is 0 Å². The summed E-state index contributed by atoms with van der Waals surface area (Å²) in [7, 11) is 1.46. The Labute approximate surface area is 168 Å². The van der Waals surface area contributed by atoms with Crippen molar-refractivity contribution in [2.45, 2.75) is 6.42 Å². The molecule has 1 fully saturated rings. The smallest absolute Gasteiger partial charge is 0.327 e. The maximum atomic E-state index is 12.2. The number of para-hydroxylation sites is 1. The van der Waals surface area contributed by atoms with E-state index in [1.165, 1.54) is 11.9 Å². The largest absolute Gasteiger partial charge is 0.454 e. The molecule has 1 N–H and O–H groups in total. The number of likely N-dealkylation sites (N-methyl/N-ethyl adjacent to an activating group) is 1. The van der Waals surface area contributed by atoms with Gasteiger partial charge in [0.25, 0.3) is 11.8 Å². The van der Waals surface area contributed by atoms with E-state index in [0.717, 1.165) is 16.0 Å².